The second-order valence-corrected chi connectivity index (χ2v) is 7.30. The zero-order valence-corrected chi connectivity index (χ0v) is 16.7. The lowest BCUT2D eigenvalue weighted by Gasteiger charge is -2.35. The Hall–Kier alpha value is -2.96. The van der Waals surface area contributed by atoms with Gasteiger partial charge in [0.15, 0.2) is 0 Å². The molecule has 0 unspecified atom stereocenters. The van der Waals surface area contributed by atoms with Gasteiger partial charge in [0.2, 0.25) is 5.91 Å². The number of anilines is 1. The summed E-state index contributed by atoms with van der Waals surface area (Å²) >= 11 is 0. The maximum Gasteiger partial charge on any atom is 0.251 e. The number of aromatic nitrogens is 2. The summed E-state index contributed by atoms with van der Waals surface area (Å²) in [7, 11) is 0. The van der Waals surface area contributed by atoms with Crippen molar-refractivity contribution in [2.45, 2.75) is 26.7 Å². The second-order valence-electron chi connectivity index (χ2n) is 7.30. The number of rotatable bonds is 5. The summed E-state index contributed by atoms with van der Waals surface area (Å²) in [4.78, 5) is 37.7. The Morgan fingerprint density at radius 2 is 1.75 bits per heavy atom. The molecule has 28 heavy (non-hydrogen) atoms. The molecule has 2 amide bonds. The molecular formula is C21H27N5O2. The third-order valence-corrected chi connectivity index (χ3v) is 4.77. The van der Waals surface area contributed by atoms with Crippen LogP contribution in [0.15, 0.2) is 36.4 Å². The Kier molecular flexibility index (Phi) is 6.23. The summed E-state index contributed by atoms with van der Waals surface area (Å²) in [6, 6.07) is 10.9. The van der Waals surface area contributed by atoms with Crippen LogP contribution in [0.2, 0.25) is 0 Å². The monoisotopic (exact) mass is 381 g/mol. The molecule has 1 saturated heterocycles. The molecule has 0 saturated carbocycles. The van der Waals surface area contributed by atoms with Gasteiger partial charge in [-0.05, 0) is 19.1 Å². The van der Waals surface area contributed by atoms with Crippen molar-refractivity contribution in [2.75, 3.05) is 37.6 Å². The van der Waals surface area contributed by atoms with Gasteiger partial charge in [-0.25, -0.2) is 9.97 Å². The lowest BCUT2D eigenvalue weighted by Crippen LogP contribution is -2.51. The van der Waals surface area contributed by atoms with Gasteiger partial charge in [-0.2, -0.15) is 0 Å². The first-order chi connectivity index (χ1) is 13.4. The van der Waals surface area contributed by atoms with Gasteiger partial charge in [0, 0.05) is 49.4 Å². The van der Waals surface area contributed by atoms with Gasteiger partial charge in [0.05, 0.1) is 6.54 Å². The van der Waals surface area contributed by atoms with E-state index in [0.717, 1.165) is 17.3 Å². The second kappa shape index (κ2) is 8.82. The summed E-state index contributed by atoms with van der Waals surface area (Å²) in [6.07, 6.45) is 0. The molecule has 1 N–H and O–H groups in total. The minimum Gasteiger partial charge on any atom is -0.353 e. The highest BCUT2D eigenvalue weighted by atomic mass is 16.2. The van der Waals surface area contributed by atoms with E-state index in [2.05, 4.69) is 34.0 Å². The predicted octanol–water partition coefficient (Wildman–Crippen LogP) is 1.99. The Bertz CT molecular complexity index is 830. The number of nitrogens with one attached hydrogen (secondary N) is 1. The molecule has 1 aliphatic heterocycles. The maximum atomic E-state index is 12.4. The van der Waals surface area contributed by atoms with Crippen LogP contribution in [-0.4, -0.2) is 59.4 Å². The third kappa shape index (κ3) is 4.85. The number of piperazine rings is 1. The van der Waals surface area contributed by atoms with E-state index in [4.69, 9.17) is 0 Å². The minimum atomic E-state index is -0.231. The van der Waals surface area contributed by atoms with Gasteiger partial charge >= 0.3 is 0 Å². The maximum absolute atomic E-state index is 12.4. The van der Waals surface area contributed by atoms with Gasteiger partial charge in [-0.15, -0.1) is 0 Å². The predicted molar refractivity (Wildman–Crippen MR) is 108 cm³/mol. The smallest absolute Gasteiger partial charge is 0.251 e. The summed E-state index contributed by atoms with van der Waals surface area (Å²) in [6.45, 7) is 8.81. The van der Waals surface area contributed by atoms with Crippen LogP contribution in [0.3, 0.4) is 0 Å². The molecule has 2 heterocycles. The molecule has 7 nitrogen and oxygen atoms in total. The SMILES string of the molecule is Cc1cc(N2CCN(C(=O)CNC(=O)c3ccccc3)CC2)nc(C(C)C)n1. The van der Waals surface area contributed by atoms with Crippen LogP contribution in [-0.2, 0) is 4.79 Å². The highest BCUT2D eigenvalue weighted by Gasteiger charge is 2.23. The fraction of sp³-hybridized carbons (Fsp3) is 0.429. The highest BCUT2D eigenvalue weighted by Crippen LogP contribution is 2.18. The van der Waals surface area contributed by atoms with Gasteiger partial charge in [-0.1, -0.05) is 32.0 Å². The van der Waals surface area contributed by atoms with Crippen molar-refractivity contribution in [2.24, 2.45) is 0 Å². The largest absolute Gasteiger partial charge is 0.353 e. The number of hydrogen-bond acceptors (Lipinski definition) is 5. The number of amides is 2. The van der Waals surface area contributed by atoms with E-state index in [1.165, 1.54) is 0 Å². The molecule has 1 aliphatic rings. The standard InChI is InChI=1S/C21H27N5O2/c1-15(2)20-23-16(3)13-18(24-20)25-9-11-26(12-10-25)19(27)14-22-21(28)17-7-5-4-6-8-17/h4-8,13,15H,9-12,14H2,1-3H3,(H,22,28). The highest BCUT2D eigenvalue weighted by molar-refractivity contribution is 5.96. The first-order valence-corrected chi connectivity index (χ1v) is 9.65. The van der Waals surface area contributed by atoms with E-state index in [-0.39, 0.29) is 24.3 Å². The molecule has 2 aromatic rings. The van der Waals surface area contributed by atoms with Crippen LogP contribution in [0.25, 0.3) is 0 Å². The van der Waals surface area contributed by atoms with Crippen LogP contribution in [0.4, 0.5) is 5.82 Å². The van der Waals surface area contributed by atoms with Crippen molar-refractivity contribution in [1.82, 2.24) is 20.2 Å². The number of carbonyl (C=O) groups is 2. The summed E-state index contributed by atoms with van der Waals surface area (Å²) in [5.41, 5.74) is 1.51. The fourth-order valence-electron chi connectivity index (χ4n) is 3.14. The number of nitrogens with zero attached hydrogens (tertiary/aromatic N) is 4. The van der Waals surface area contributed by atoms with Gasteiger partial charge < -0.3 is 15.1 Å². The minimum absolute atomic E-state index is 0.0117. The molecule has 0 spiro atoms. The van der Waals surface area contributed by atoms with E-state index in [1.807, 2.05) is 19.1 Å². The van der Waals surface area contributed by atoms with Gasteiger partial charge in [-0.3, -0.25) is 9.59 Å². The summed E-state index contributed by atoms with van der Waals surface area (Å²) < 4.78 is 0. The Labute approximate surface area is 165 Å². The Balaban J connectivity index is 1.52. The average Bonchev–Trinajstić information content (AvgIpc) is 2.72. The van der Waals surface area contributed by atoms with E-state index < -0.39 is 0 Å². The van der Waals surface area contributed by atoms with Crippen molar-refractivity contribution in [3.63, 3.8) is 0 Å². The van der Waals surface area contributed by atoms with Gasteiger partial charge in [0.25, 0.3) is 5.91 Å². The first kappa shape index (κ1) is 19.8. The lowest BCUT2D eigenvalue weighted by molar-refractivity contribution is -0.130. The van der Waals surface area contributed by atoms with Crippen molar-refractivity contribution >= 4 is 17.6 Å². The molecule has 1 fully saturated rings. The summed E-state index contributed by atoms with van der Waals surface area (Å²) in [5, 5.41) is 2.70. The van der Waals surface area contributed by atoms with Crippen molar-refractivity contribution in [3.05, 3.63) is 53.5 Å². The number of carbonyl (C=O) groups excluding carboxylic acids is 2. The van der Waals surface area contributed by atoms with Crippen LogP contribution in [0.1, 0.15) is 41.6 Å². The Morgan fingerprint density at radius 3 is 2.39 bits per heavy atom. The number of benzene rings is 1. The Morgan fingerprint density at radius 1 is 1.07 bits per heavy atom. The quantitative estimate of drug-likeness (QED) is 0.857. The molecule has 1 aromatic heterocycles. The van der Waals surface area contributed by atoms with Crippen LogP contribution < -0.4 is 10.2 Å². The van der Waals surface area contributed by atoms with Crippen molar-refractivity contribution < 1.29 is 9.59 Å². The molecule has 7 heteroatoms. The van der Waals surface area contributed by atoms with E-state index in [0.29, 0.717) is 31.7 Å². The molecule has 0 radical (unpaired) electrons. The lowest BCUT2D eigenvalue weighted by atomic mass is 10.2. The molecule has 3 rings (SSSR count). The van der Waals surface area contributed by atoms with E-state index >= 15 is 0 Å². The molecule has 0 aliphatic carbocycles. The summed E-state index contributed by atoms with van der Waals surface area (Å²) in [5.74, 6) is 1.74. The molecule has 0 atom stereocenters. The van der Waals surface area contributed by atoms with E-state index in [9.17, 15) is 9.59 Å². The topological polar surface area (TPSA) is 78.4 Å². The zero-order chi connectivity index (χ0) is 20.1. The molecule has 148 valence electrons. The number of aryl methyl sites for hydroxylation is 1. The van der Waals surface area contributed by atoms with Crippen molar-refractivity contribution in [3.8, 4) is 0 Å². The number of hydrogen-bond donors (Lipinski definition) is 1. The van der Waals surface area contributed by atoms with Crippen molar-refractivity contribution in [1.29, 1.82) is 0 Å². The van der Waals surface area contributed by atoms with Crippen LogP contribution in [0.5, 0.6) is 0 Å². The third-order valence-electron chi connectivity index (χ3n) is 4.77. The molecular weight excluding hydrogens is 354 g/mol. The molecule has 0 bridgehead atoms. The van der Waals surface area contributed by atoms with E-state index in [1.54, 1.807) is 29.2 Å². The molecule has 1 aromatic carbocycles. The van der Waals surface area contributed by atoms with Crippen LogP contribution in [0, 0.1) is 6.92 Å². The average molecular weight is 381 g/mol. The van der Waals surface area contributed by atoms with Gasteiger partial charge in [0.1, 0.15) is 11.6 Å². The zero-order valence-electron chi connectivity index (χ0n) is 16.7. The van der Waals surface area contributed by atoms with Crippen LogP contribution >= 0.6 is 0 Å². The normalized spacial score (nSPS) is 14.3. The first-order valence-electron chi connectivity index (χ1n) is 9.65. The fourth-order valence-corrected chi connectivity index (χ4v) is 3.14.